The fourth-order valence-electron chi connectivity index (χ4n) is 3.87. The molecule has 0 unspecified atom stereocenters. The highest BCUT2D eigenvalue weighted by atomic mass is 16.6. The molecule has 0 radical (unpaired) electrons. The molecule has 0 aromatic heterocycles. The number of fused-ring (bicyclic) bond motifs is 1. The van der Waals surface area contributed by atoms with Crippen LogP contribution in [0.5, 0.6) is 0 Å². The van der Waals surface area contributed by atoms with Gasteiger partial charge in [-0.2, -0.15) is 0 Å². The second kappa shape index (κ2) is 7.87. The van der Waals surface area contributed by atoms with Crippen LogP contribution in [-0.2, 0) is 16.1 Å². The Morgan fingerprint density at radius 1 is 1.24 bits per heavy atom. The van der Waals surface area contributed by atoms with E-state index in [9.17, 15) is 9.59 Å². The van der Waals surface area contributed by atoms with Gasteiger partial charge < -0.3 is 20.3 Å². The summed E-state index contributed by atoms with van der Waals surface area (Å²) in [7, 11) is 0. The standard InChI is InChI=1S/C19H27N3O3/c1-14-12-21(19(24)25-13-15-5-3-2-4-6-15)10-9-16-7-8-17(11-20)22(16)18(14)23/h2-6,14,16-17H,7-13,20H2,1H3/t14-,16+,17-/m0/s1. The van der Waals surface area contributed by atoms with Crippen molar-refractivity contribution in [2.45, 2.75) is 44.9 Å². The van der Waals surface area contributed by atoms with Gasteiger partial charge in [-0.15, -0.1) is 0 Å². The highest BCUT2D eigenvalue weighted by Gasteiger charge is 2.40. The molecule has 3 rings (SSSR count). The van der Waals surface area contributed by atoms with Crippen LogP contribution in [-0.4, -0.2) is 53.5 Å². The lowest BCUT2D eigenvalue weighted by Gasteiger charge is -2.37. The van der Waals surface area contributed by atoms with E-state index in [1.54, 1.807) is 4.90 Å². The van der Waals surface area contributed by atoms with E-state index in [4.69, 9.17) is 10.5 Å². The van der Waals surface area contributed by atoms with Crippen LogP contribution in [0.25, 0.3) is 0 Å². The van der Waals surface area contributed by atoms with E-state index < -0.39 is 0 Å². The first-order valence-electron chi connectivity index (χ1n) is 9.08. The fourth-order valence-corrected chi connectivity index (χ4v) is 3.87. The molecule has 2 aliphatic heterocycles. The van der Waals surface area contributed by atoms with Crippen molar-refractivity contribution in [1.29, 1.82) is 0 Å². The summed E-state index contributed by atoms with van der Waals surface area (Å²) in [6.45, 7) is 3.66. The minimum atomic E-state index is -0.342. The summed E-state index contributed by atoms with van der Waals surface area (Å²) < 4.78 is 5.44. The van der Waals surface area contributed by atoms with Gasteiger partial charge in [0.1, 0.15) is 6.61 Å². The molecular weight excluding hydrogens is 318 g/mol. The normalized spacial score (nSPS) is 26.8. The molecule has 25 heavy (non-hydrogen) atoms. The van der Waals surface area contributed by atoms with Crippen LogP contribution >= 0.6 is 0 Å². The molecule has 136 valence electrons. The topological polar surface area (TPSA) is 75.9 Å². The average Bonchev–Trinajstić information content (AvgIpc) is 3.04. The van der Waals surface area contributed by atoms with Crippen LogP contribution in [0, 0.1) is 5.92 Å². The largest absolute Gasteiger partial charge is 0.445 e. The Labute approximate surface area is 148 Å². The monoisotopic (exact) mass is 345 g/mol. The Hall–Kier alpha value is -2.08. The molecule has 0 spiro atoms. The van der Waals surface area contributed by atoms with Crippen LogP contribution in [0.2, 0.25) is 0 Å². The molecule has 6 heteroatoms. The predicted octanol–water partition coefficient (Wildman–Crippen LogP) is 1.98. The summed E-state index contributed by atoms with van der Waals surface area (Å²) in [4.78, 5) is 28.9. The van der Waals surface area contributed by atoms with E-state index in [0.717, 1.165) is 24.8 Å². The van der Waals surface area contributed by atoms with E-state index in [1.807, 2.05) is 42.2 Å². The molecule has 2 amide bonds. The number of ether oxygens (including phenoxy) is 1. The van der Waals surface area contributed by atoms with Gasteiger partial charge in [0.15, 0.2) is 0 Å². The van der Waals surface area contributed by atoms with Gasteiger partial charge in [0.2, 0.25) is 5.91 Å². The van der Waals surface area contributed by atoms with E-state index in [1.165, 1.54) is 0 Å². The van der Waals surface area contributed by atoms with Crippen LogP contribution in [0.4, 0.5) is 4.79 Å². The van der Waals surface area contributed by atoms with E-state index >= 15 is 0 Å². The summed E-state index contributed by atoms with van der Waals surface area (Å²) in [5.41, 5.74) is 6.79. The molecule has 2 aliphatic rings. The molecule has 0 saturated carbocycles. The summed E-state index contributed by atoms with van der Waals surface area (Å²) in [6.07, 6.45) is 2.37. The lowest BCUT2D eigenvalue weighted by Crippen LogP contribution is -2.52. The van der Waals surface area contributed by atoms with Gasteiger partial charge in [0.25, 0.3) is 0 Å². The van der Waals surface area contributed by atoms with Crippen molar-refractivity contribution in [2.75, 3.05) is 19.6 Å². The quantitative estimate of drug-likeness (QED) is 0.909. The van der Waals surface area contributed by atoms with Crippen LogP contribution in [0.15, 0.2) is 30.3 Å². The van der Waals surface area contributed by atoms with Crippen molar-refractivity contribution in [2.24, 2.45) is 11.7 Å². The summed E-state index contributed by atoms with van der Waals surface area (Å²) in [5.74, 6) is -0.127. The number of rotatable bonds is 3. The Kier molecular flexibility index (Phi) is 5.58. The van der Waals surface area contributed by atoms with Gasteiger partial charge in [0, 0.05) is 31.7 Å². The molecule has 0 aliphatic carbocycles. The fraction of sp³-hybridized carbons (Fsp3) is 0.579. The maximum Gasteiger partial charge on any atom is 0.410 e. The maximum absolute atomic E-state index is 12.8. The van der Waals surface area contributed by atoms with Gasteiger partial charge in [0.05, 0.1) is 5.92 Å². The second-order valence-electron chi connectivity index (χ2n) is 7.04. The predicted molar refractivity (Wildman–Crippen MR) is 94.7 cm³/mol. The third-order valence-electron chi connectivity index (χ3n) is 5.26. The zero-order chi connectivity index (χ0) is 17.8. The number of hydrogen-bond acceptors (Lipinski definition) is 4. The minimum absolute atomic E-state index is 0.110. The van der Waals surface area contributed by atoms with E-state index in [-0.39, 0.29) is 36.6 Å². The Balaban J connectivity index is 1.62. The minimum Gasteiger partial charge on any atom is -0.445 e. The number of nitrogens with two attached hydrogens (primary N) is 1. The summed E-state index contributed by atoms with van der Waals surface area (Å²) in [6, 6.07) is 9.96. The number of nitrogens with zero attached hydrogens (tertiary/aromatic N) is 2. The molecule has 2 heterocycles. The van der Waals surface area contributed by atoms with Crippen molar-refractivity contribution < 1.29 is 14.3 Å². The number of carbonyl (C=O) groups is 2. The first-order valence-corrected chi connectivity index (χ1v) is 9.08. The van der Waals surface area contributed by atoms with Gasteiger partial charge in [-0.05, 0) is 24.8 Å². The lowest BCUT2D eigenvalue weighted by molar-refractivity contribution is -0.139. The maximum atomic E-state index is 12.8. The van der Waals surface area contributed by atoms with Crippen molar-refractivity contribution in [3.8, 4) is 0 Å². The number of benzene rings is 1. The Morgan fingerprint density at radius 3 is 2.72 bits per heavy atom. The lowest BCUT2D eigenvalue weighted by atomic mass is 10.0. The van der Waals surface area contributed by atoms with E-state index in [2.05, 4.69) is 0 Å². The zero-order valence-corrected chi connectivity index (χ0v) is 14.8. The molecule has 1 aromatic carbocycles. The first-order chi connectivity index (χ1) is 12.1. The van der Waals surface area contributed by atoms with Crippen LogP contribution in [0.3, 0.4) is 0 Å². The highest BCUT2D eigenvalue weighted by Crippen LogP contribution is 2.30. The van der Waals surface area contributed by atoms with Gasteiger partial charge in [-0.25, -0.2) is 4.79 Å². The number of carbonyl (C=O) groups excluding carboxylic acids is 2. The van der Waals surface area contributed by atoms with Crippen molar-refractivity contribution in [1.82, 2.24) is 9.80 Å². The van der Waals surface area contributed by atoms with Crippen molar-refractivity contribution in [3.05, 3.63) is 35.9 Å². The van der Waals surface area contributed by atoms with Gasteiger partial charge in [-0.1, -0.05) is 37.3 Å². The average molecular weight is 345 g/mol. The first kappa shape index (κ1) is 17.7. The highest BCUT2D eigenvalue weighted by molar-refractivity contribution is 5.80. The van der Waals surface area contributed by atoms with E-state index in [0.29, 0.717) is 19.6 Å². The molecule has 1 aromatic rings. The molecule has 0 bridgehead atoms. The second-order valence-corrected chi connectivity index (χ2v) is 7.04. The van der Waals surface area contributed by atoms with Crippen LogP contribution in [0.1, 0.15) is 31.7 Å². The molecule has 3 atom stereocenters. The number of amides is 2. The van der Waals surface area contributed by atoms with Crippen molar-refractivity contribution in [3.63, 3.8) is 0 Å². The molecule has 6 nitrogen and oxygen atoms in total. The summed E-state index contributed by atoms with van der Waals surface area (Å²) >= 11 is 0. The van der Waals surface area contributed by atoms with Gasteiger partial charge in [-0.3, -0.25) is 4.79 Å². The third kappa shape index (κ3) is 3.95. The third-order valence-corrected chi connectivity index (χ3v) is 5.26. The smallest absolute Gasteiger partial charge is 0.410 e. The Morgan fingerprint density at radius 2 is 2.00 bits per heavy atom. The zero-order valence-electron chi connectivity index (χ0n) is 14.8. The number of hydrogen-bond donors (Lipinski definition) is 1. The molecule has 2 fully saturated rings. The van der Waals surface area contributed by atoms with Crippen molar-refractivity contribution >= 4 is 12.0 Å². The molecule has 2 N–H and O–H groups in total. The van der Waals surface area contributed by atoms with Crippen LogP contribution < -0.4 is 5.73 Å². The van der Waals surface area contributed by atoms with Gasteiger partial charge >= 0.3 is 6.09 Å². The SMILES string of the molecule is C[C@H]1CN(C(=O)OCc2ccccc2)CC[C@H]2CC[C@@H](CN)N2C1=O. The molecular formula is C19H27N3O3. The summed E-state index contributed by atoms with van der Waals surface area (Å²) in [5, 5.41) is 0. The Bertz CT molecular complexity index is 607. The molecule has 2 saturated heterocycles.